The van der Waals surface area contributed by atoms with Gasteiger partial charge in [-0.1, -0.05) is 13.8 Å². The number of nitrogens with zero attached hydrogens (tertiary/aromatic N) is 1. The number of rotatable bonds is 6. The van der Waals surface area contributed by atoms with Crippen molar-refractivity contribution in [2.24, 2.45) is 0 Å². The molecule has 2 unspecified atom stereocenters. The van der Waals surface area contributed by atoms with Crippen molar-refractivity contribution in [3.05, 3.63) is 0 Å². The molecule has 0 aromatic carbocycles. The molecule has 2 N–H and O–H groups in total. The molecule has 0 aromatic heterocycles. The number of nitrogens with one attached hydrogen (secondary N) is 1. The van der Waals surface area contributed by atoms with E-state index in [4.69, 9.17) is 0 Å². The zero-order valence-electron chi connectivity index (χ0n) is 12.0. The minimum atomic E-state index is -0.361. The van der Waals surface area contributed by atoms with Gasteiger partial charge in [-0.25, -0.2) is 0 Å². The van der Waals surface area contributed by atoms with Crippen LogP contribution in [0.3, 0.4) is 0 Å². The number of amides is 2. The Kier molecular flexibility index (Phi) is 6.84. The number of hydrogen-bond donors (Lipinski definition) is 2. The second-order valence-electron chi connectivity index (χ2n) is 5.09. The first-order valence-corrected chi connectivity index (χ1v) is 7.35. The molecule has 2 amide bonds. The van der Waals surface area contributed by atoms with Gasteiger partial charge in [0.05, 0.1) is 6.10 Å². The minimum absolute atomic E-state index is 0.0495. The molecule has 0 aromatic rings. The zero-order chi connectivity index (χ0) is 14.3. The summed E-state index contributed by atoms with van der Waals surface area (Å²) in [4.78, 5) is 25.6. The number of aliphatic hydroxyl groups excluding tert-OH is 1. The first-order valence-electron chi connectivity index (χ1n) is 7.35. The first kappa shape index (κ1) is 16.0. The lowest BCUT2D eigenvalue weighted by molar-refractivity contribution is -0.142. The number of aliphatic hydroxyl groups is 1. The smallest absolute Gasteiger partial charge is 0.242 e. The van der Waals surface area contributed by atoms with Gasteiger partial charge in [-0.15, -0.1) is 0 Å². The normalized spacial score (nSPS) is 21.0. The van der Waals surface area contributed by atoms with Crippen molar-refractivity contribution in [3.8, 4) is 0 Å². The summed E-state index contributed by atoms with van der Waals surface area (Å²) < 4.78 is 0. The van der Waals surface area contributed by atoms with Crippen molar-refractivity contribution in [1.82, 2.24) is 10.2 Å². The second-order valence-corrected chi connectivity index (χ2v) is 5.09. The summed E-state index contributed by atoms with van der Waals surface area (Å²) in [7, 11) is 0. The molecule has 0 bridgehead atoms. The Morgan fingerprint density at radius 2 is 2.11 bits per heavy atom. The maximum Gasteiger partial charge on any atom is 0.242 e. The molecule has 0 spiro atoms. The average molecular weight is 270 g/mol. The number of carbonyl (C=O) groups excluding carboxylic acids is 2. The van der Waals surface area contributed by atoms with Crippen LogP contribution in [0.15, 0.2) is 0 Å². The highest BCUT2D eigenvalue weighted by Crippen LogP contribution is 2.18. The topological polar surface area (TPSA) is 69.6 Å². The zero-order valence-corrected chi connectivity index (χ0v) is 12.0. The van der Waals surface area contributed by atoms with Crippen molar-refractivity contribution < 1.29 is 14.7 Å². The van der Waals surface area contributed by atoms with Crippen LogP contribution in [0, 0.1) is 0 Å². The fourth-order valence-electron chi connectivity index (χ4n) is 2.39. The Morgan fingerprint density at radius 1 is 1.37 bits per heavy atom. The summed E-state index contributed by atoms with van der Waals surface area (Å²) in [6.45, 7) is 4.89. The van der Waals surface area contributed by atoms with E-state index in [1.165, 1.54) is 0 Å². The quantitative estimate of drug-likeness (QED) is 0.758. The lowest BCUT2D eigenvalue weighted by atomic mass is 10.0. The SMILES string of the molecule is CCC(=O)N1CCCCC1C(=O)NCCC(O)CC. The van der Waals surface area contributed by atoms with Gasteiger partial charge in [0.15, 0.2) is 0 Å². The van der Waals surface area contributed by atoms with Crippen LogP contribution in [0.4, 0.5) is 0 Å². The van der Waals surface area contributed by atoms with Crippen LogP contribution >= 0.6 is 0 Å². The maximum atomic E-state index is 12.1. The Hall–Kier alpha value is -1.10. The third-order valence-electron chi connectivity index (χ3n) is 3.68. The third-order valence-corrected chi connectivity index (χ3v) is 3.68. The van der Waals surface area contributed by atoms with Crippen LogP contribution in [-0.4, -0.2) is 47.1 Å². The van der Waals surface area contributed by atoms with E-state index in [1.807, 2.05) is 13.8 Å². The molecule has 1 heterocycles. The Labute approximate surface area is 115 Å². The highest BCUT2D eigenvalue weighted by Gasteiger charge is 2.30. The Bertz CT molecular complexity index is 307. The molecular weight excluding hydrogens is 244 g/mol. The molecule has 110 valence electrons. The van der Waals surface area contributed by atoms with Gasteiger partial charge < -0.3 is 15.3 Å². The Balaban J connectivity index is 2.46. The molecule has 5 nitrogen and oxygen atoms in total. The molecule has 0 saturated carbocycles. The van der Waals surface area contributed by atoms with Crippen LogP contribution < -0.4 is 5.32 Å². The van der Waals surface area contributed by atoms with Crippen molar-refractivity contribution in [2.45, 2.75) is 64.5 Å². The van der Waals surface area contributed by atoms with E-state index >= 15 is 0 Å². The van der Waals surface area contributed by atoms with Gasteiger partial charge in [-0.2, -0.15) is 0 Å². The van der Waals surface area contributed by atoms with E-state index in [-0.39, 0.29) is 24.0 Å². The second kappa shape index (κ2) is 8.15. The average Bonchev–Trinajstić information content (AvgIpc) is 2.45. The van der Waals surface area contributed by atoms with E-state index in [1.54, 1.807) is 4.90 Å². The predicted octanol–water partition coefficient (Wildman–Crippen LogP) is 1.05. The lowest BCUT2D eigenvalue weighted by Crippen LogP contribution is -2.52. The van der Waals surface area contributed by atoms with E-state index in [0.717, 1.165) is 19.3 Å². The summed E-state index contributed by atoms with van der Waals surface area (Å²) in [6, 6.07) is -0.319. The summed E-state index contributed by atoms with van der Waals surface area (Å²) in [6.07, 6.45) is 4.05. The van der Waals surface area contributed by atoms with Crippen LogP contribution in [0.25, 0.3) is 0 Å². The standard InChI is InChI=1S/C14H26N2O3/c1-3-11(17)8-9-15-14(19)12-7-5-6-10-16(12)13(18)4-2/h11-12,17H,3-10H2,1-2H3,(H,15,19). The maximum absolute atomic E-state index is 12.1. The monoisotopic (exact) mass is 270 g/mol. The minimum Gasteiger partial charge on any atom is -0.393 e. The molecule has 1 aliphatic rings. The molecule has 1 saturated heterocycles. The van der Waals surface area contributed by atoms with Gasteiger partial charge in [-0.3, -0.25) is 9.59 Å². The molecule has 19 heavy (non-hydrogen) atoms. The number of hydrogen-bond acceptors (Lipinski definition) is 3. The van der Waals surface area contributed by atoms with Crippen molar-refractivity contribution in [1.29, 1.82) is 0 Å². The highest BCUT2D eigenvalue weighted by molar-refractivity contribution is 5.87. The molecule has 1 fully saturated rings. The van der Waals surface area contributed by atoms with E-state index in [9.17, 15) is 14.7 Å². The van der Waals surface area contributed by atoms with Gasteiger partial charge in [0.1, 0.15) is 6.04 Å². The van der Waals surface area contributed by atoms with Crippen molar-refractivity contribution in [3.63, 3.8) is 0 Å². The van der Waals surface area contributed by atoms with Crippen molar-refractivity contribution >= 4 is 11.8 Å². The van der Waals surface area contributed by atoms with Crippen LogP contribution in [-0.2, 0) is 9.59 Å². The fraction of sp³-hybridized carbons (Fsp3) is 0.857. The van der Waals surface area contributed by atoms with Gasteiger partial charge in [0.2, 0.25) is 11.8 Å². The van der Waals surface area contributed by atoms with Crippen molar-refractivity contribution in [2.75, 3.05) is 13.1 Å². The van der Waals surface area contributed by atoms with Gasteiger partial charge in [-0.05, 0) is 32.1 Å². The largest absolute Gasteiger partial charge is 0.393 e. The molecule has 0 radical (unpaired) electrons. The summed E-state index contributed by atoms with van der Waals surface area (Å²) >= 11 is 0. The van der Waals surface area contributed by atoms with Gasteiger partial charge >= 0.3 is 0 Å². The highest BCUT2D eigenvalue weighted by atomic mass is 16.3. The van der Waals surface area contributed by atoms with Crippen LogP contribution in [0.2, 0.25) is 0 Å². The molecular formula is C14H26N2O3. The molecule has 0 aliphatic carbocycles. The number of piperidine rings is 1. The van der Waals surface area contributed by atoms with Gasteiger partial charge in [0.25, 0.3) is 0 Å². The first-order chi connectivity index (χ1) is 9.10. The van der Waals surface area contributed by atoms with E-state index in [2.05, 4.69) is 5.32 Å². The molecule has 5 heteroatoms. The Morgan fingerprint density at radius 3 is 2.74 bits per heavy atom. The van der Waals surface area contributed by atoms with E-state index in [0.29, 0.717) is 32.4 Å². The lowest BCUT2D eigenvalue weighted by Gasteiger charge is -2.34. The van der Waals surface area contributed by atoms with E-state index < -0.39 is 0 Å². The molecule has 2 atom stereocenters. The number of likely N-dealkylation sites (tertiary alicyclic amines) is 1. The van der Waals surface area contributed by atoms with Gasteiger partial charge in [0, 0.05) is 19.5 Å². The van der Waals surface area contributed by atoms with Crippen LogP contribution in [0.5, 0.6) is 0 Å². The molecule has 1 aliphatic heterocycles. The summed E-state index contributed by atoms with van der Waals surface area (Å²) in [5.74, 6) is -0.0294. The number of carbonyl (C=O) groups is 2. The summed E-state index contributed by atoms with van der Waals surface area (Å²) in [5, 5.41) is 12.3. The predicted molar refractivity (Wildman–Crippen MR) is 73.6 cm³/mol. The third kappa shape index (κ3) is 4.82. The van der Waals surface area contributed by atoms with Crippen LogP contribution in [0.1, 0.15) is 52.4 Å². The molecule has 1 rings (SSSR count). The summed E-state index contributed by atoms with van der Waals surface area (Å²) in [5.41, 5.74) is 0. The fourth-order valence-corrected chi connectivity index (χ4v) is 2.39.